The first-order valence-electron chi connectivity index (χ1n) is 10.2. The lowest BCUT2D eigenvalue weighted by Crippen LogP contribution is -2.36. The number of carbonyl (C=O) groups is 2. The lowest BCUT2D eigenvalue weighted by molar-refractivity contribution is -0.122. The normalized spacial score (nSPS) is 22.4. The van der Waals surface area contributed by atoms with Crippen molar-refractivity contribution in [3.05, 3.63) is 78.1 Å². The summed E-state index contributed by atoms with van der Waals surface area (Å²) in [5.41, 5.74) is 2.76. The molecular formula is C24H21N3O3. The van der Waals surface area contributed by atoms with Crippen LogP contribution in [0, 0.1) is 5.92 Å². The third-order valence-corrected chi connectivity index (χ3v) is 6.06. The van der Waals surface area contributed by atoms with Gasteiger partial charge in [0.2, 0.25) is 5.91 Å². The number of aromatic nitrogens is 2. The maximum absolute atomic E-state index is 12.7. The van der Waals surface area contributed by atoms with E-state index >= 15 is 0 Å². The minimum Gasteiger partial charge on any atom is -0.451 e. The van der Waals surface area contributed by atoms with E-state index in [4.69, 9.17) is 4.74 Å². The van der Waals surface area contributed by atoms with Crippen LogP contribution >= 0.6 is 0 Å². The van der Waals surface area contributed by atoms with Gasteiger partial charge in [0.15, 0.2) is 5.82 Å². The molecule has 1 spiro atoms. The van der Waals surface area contributed by atoms with Gasteiger partial charge in [-0.05, 0) is 31.7 Å². The second kappa shape index (κ2) is 7.37. The zero-order valence-corrected chi connectivity index (χ0v) is 16.4. The Kier molecular flexibility index (Phi) is 4.54. The highest BCUT2D eigenvalue weighted by Crippen LogP contribution is 2.48. The van der Waals surface area contributed by atoms with Crippen LogP contribution in [0.2, 0.25) is 0 Å². The quantitative estimate of drug-likeness (QED) is 0.663. The van der Waals surface area contributed by atoms with Gasteiger partial charge in [-0.3, -0.25) is 9.78 Å². The van der Waals surface area contributed by atoms with Crippen molar-refractivity contribution in [2.75, 3.05) is 5.32 Å². The smallest absolute Gasteiger partial charge is 0.339 e. The SMILES string of the molecule is O=C1O[C@]2(CC[C@H](C(=O)Nc3cnc(-c4ccccc4)cn3)CC2)c2ccccc21. The summed E-state index contributed by atoms with van der Waals surface area (Å²) < 4.78 is 5.77. The summed E-state index contributed by atoms with van der Waals surface area (Å²) in [7, 11) is 0. The molecule has 1 saturated carbocycles. The van der Waals surface area contributed by atoms with Crippen molar-refractivity contribution in [2.45, 2.75) is 31.3 Å². The molecule has 30 heavy (non-hydrogen) atoms. The van der Waals surface area contributed by atoms with Crippen molar-refractivity contribution in [1.29, 1.82) is 0 Å². The monoisotopic (exact) mass is 399 g/mol. The van der Waals surface area contributed by atoms with Gasteiger partial charge < -0.3 is 10.1 Å². The van der Waals surface area contributed by atoms with E-state index < -0.39 is 5.60 Å². The number of nitrogens with one attached hydrogen (secondary N) is 1. The molecule has 1 N–H and O–H groups in total. The van der Waals surface area contributed by atoms with Gasteiger partial charge in [0.05, 0.1) is 23.7 Å². The molecule has 5 rings (SSSR count). The molecule has 1 aliphatic heterocycles. The Bertz CT molecular complexity index is 1090. The van der Waals surface area contributed by atoms with Gasteiger partial charge >= 0.3 is 5.97 Å². The number of hydrogen-bond donors (Lipinski definition) is 1. The van der Waals surface area contributed by atoms with Crippen LogP contribution < -0.4 is 5.32 Å². The zero-order chi connectivity index (χ0) is 20.6. The highest BCUT2D eigenvalue weighted by molar-refractivity contribution is 5.95. The minimum absolute atomic E-state index is 0.0655. The van der Waals surface area contributed by atoms with Gasteiger partial charge in [0.25, 0.3) is 0 Å². The number of carbonyl (C=O) groups excluding carboxylic acids is 2. The van der Waals surface area contributed by atoms with Crippen LogP contribution in [0.4, 0.5) is 5.82 Å². The zero-order valence-electron chi connectivity index (χ0n) is 16.4. The van der Waals surface area contributed by atoms with E-state index in [1.165, 1.54) is 0 Å². The predicted octanol–water partition coefficient (Wildman–Crippen LogP) is 4.34. The fourth-order valence-corrected chi connectivity index (χ4v) is 4.44. The maximum atomic E-state index is 12.7. The van der Waals surface area contributed by atoms with Crippen LogP contribution in [-0.4, -0.2) is 21.8 Å². The Morgan fingerprint density at radius 1 is 0.967 bits per heavy atom. The molecule has 3 aromatic rings. The molecule has 6 heteroatoms. The van der Waals surface area contributed by atoms with Crippen LogP contribution in [0.15, 0.2) is 67.0 Å². The van der Waals surface area contributed by atoms with E-state index in [0.717, 1.165) is 16.8 Å². The first-order valence-corrected chi connectivity index (χ1v) is 10.2. The Balaban J connectivity index is 1.23. The molecule has 0 radical (unpaired) electrons. The molecule has 0 atom stereocenters. The van der Waals surface area contributed by atoms with Crippen molar-refractivity contribution in [3.8, 4) is 11.3 Å². The third-order valence-electron chi connectivity index (χ3n) is 6.06. The number of benzene rings is 2. The molecule has 0 bridgehead atoms. The average Bonchev–Trinajstić information content (AvgIpc) is 3.07. The second-order valence-electron chi connectivity index (χ2n) is 7.85. The molecule has 2 aromatic carbocycles. The van der Waals surface area contributed by atoms with Gasteiger partial charge in [0.1, 0.15) is 5.60 Å². The van der Waals surface area contributed by atoms with Crippen molar-refractivity contribution in [3.63, 3.8) is 0 Å². The van der Waals surface area contributed by atoms with E-state index in [2.05, 4.69) is 15.3 Å². The largest absolute Gasteiger partial charge is 0.451 e. The number of amides is 1. The molecule has 1 fully saturated rings. The van der Waals surface area contributed by atoms with Crippen molar-refractivity contribution < 1.29 is 14.3 Å². The van der Waals surface area contributed by atoms with E-state index in [1.54, 1.807) is 12.4 Å². The number of rotatable bonds is 3. The highest BCUT2D eigenvalue weighted by atomic mass is 16.6. The number of fused-ring (bicyclic) bond motifs is 2. The first kappa shape index (κ1) is 18.5. The summed E-state index contributed by atoms with van der Waals surface area (Å²) >= 11 is 0. The van der Waals surface area contributed by atoms with Crippen molar-refractivity contribution in [1.82, 2.24) is 9.97 Å². The summed E-state index contributed by atoms with van der Waals surface area (Å²) in [5, 5.41) is 2.88. The number of esters is 1. The van der Waals surface area contributed by atoms with Crippen LogP contribution in [0.3, 0.4) is 0 Å². The van der Waals surface area contributed by atoms with Crippen molar-refractivity contribution in [2.24, 2.45) is 5.92 Å². The third kappa shape index (κ3) is 3.24. The second-order valence-corrected chi connectivity index (χ2v) is 7.85. The van der Waals surface area contributed by atoms with Gasteiger partial charge in [0, 0.05) is 17.0 Å². The average molecular weight is 399 g/mol. The molecule has 150 valence electrons. The molecule has 1 amide bonds. The molecule has 1 aromatic heterocycles. The van der Waals surface area contributed by atoms with Crippen LogP contribution in [-0.2, 0) is 15.1 Å². The van der Waals surface area contributed by atoms with Crippen LogP contribution in [0.25, 0.3) is 11.3 Å². The lowest BCUT2D eigenvalue weighted by atomic mass is 9.74. The standard InChI is InChI=1S/C24H21N3O3/c28-22(27-21-15-25-20(14-26-21)16-6-2-1-3-7-16)17-10-12-24(13-11-17)19-9-5-4-8-18(19)23(29)30-24/h1-9,14-15,17H,10-13H2,(H,26,27,28)/t17-,24-. The molecule has 6 nitrogen and oxygen atoms in total. The number of nitrogens with zero attached hydrogens (tertiary/aromatic N) is 2. The summed E-state index contributed by atoms with van der Waals surface area (Å²) in [6.07, 6.45) is 5.85. The summed E-state index contributed by atoms with van der Waals surface area (Å²) in [6.45, 7) is 0. The number of ether oxygens (including phenoxy) is 1. The topological polar surface area (TPSA) is 81.2 Å². The van der Waals surface area contributed by atoms with Gasteiger partial charge in [-0.1, -0.05) is 48.5 Å². The Morgan fingerprint density at radius 2 is 1.70 bits per heavy atom. The predicted molar refractivity (Wildman–Crippen MR) is 112 cm³/mol. The number of anilines is 1. The van der Waals surface area contributed by atoms with Crippen LogP contribution in [0.5, 0.6) is 0 Å². The Hall–Kier alpha value is -3.54. The number of hydrogen-bond acceptors (Lipinski definition) is 5. The first-order chi connectivity index (χ1) is 14.6. The van der Waals surface area contributed by atoms with E-state index in [0.29, 0.717) is 37.1 Å². The molecule has 0 saturated heterocycles. The molecule has 1 aliphatic carbocycles. The van der Waals surface area contributed by atoms with Gasteiger partial charge in [-0.25, -0.2) is 9.78 Å². The Morgan fingerprint density at radius 3 is 2.43 bits per heavy atom. The summed E-state index contributed by atoms with van der Waals surface area (Å²) in [4.78, 5) is 33.7. The highest BCUT2D eigenvalue weighted by Gasteiger charge is 2.48. The van der Waals surface area contributed by atoms with E-state index in [1.807, 2.05) is 54.6 Å². The molecule has 0 unspecified atom stereocenters. The van der Waals surface area contributed by atoms with E-state index in [9.17, 15) is 9.59 Å². The molecular weight excluding hydrogens is 378 g/mol. The van der Waals surface area contributed by atoms with Gasteiger partial charge in [-0.2, -0.15) is 0 Å². The van der Waals surface area contributed by atoms with Crippen molar-refractivity contribution >= 4 is 17.7 Å². The Labute approximate surface area is 174 Å². The minimum atomic E-state index is -0.582. The van der Waals surface area contributed by atoms with Crippen LogP contribution in [0.1, 0.15) is 41.6 Å². The lowest BCUT2D eigenvalue weighted by Gasteiger charge is -2.35. The summed E-state index contributed by atoms with van der Waals surface area (Å²) in [6, 6.07) is 17.3. The van der Waals surface area contributed by atoms with E-state index in [-0.39, 0.29) is 17.8 Å². The molecule has 2 heterocycles. The fourth-order valence-electron chi connectivity index (χ4n) is 4.44. The fraction of sp³-hybridized carbons (Fsp3) is 0.250. The van der Waals surface area contributed by atoms with Gasteiger partial charge in [-0.15, -0.1) is 0 Å². The molecule has 2 aliphatic rings. The maximum Gasteiger partial charge on any atom is 0.339 e. The summed E-state index contributed by atoms with van der Waals surface area (Å²) in [5.74, 6) is -0.0261.